The zero-order valence-electron chi connectivity index (χ0n) is 37.4. The van der Waals surface area contributed by atoms with Gasteiger partial charge in [-0.2, -0.15) is 0 Å². The number of nitrogens with zero attached hydrogens (tertiary/aromatic N) is 4. The van der Waals surface area contributed by atoms with Crippen molar-refractivity contribution in [1.82, 2.24) is 9.13 Å². The molecule has 324 valence electrons. The summed E-state index contributed by atoms with van der Waals surface area (Å²) in [5.74, 6) is 0. The van der Waals surface area contributed by atoms with Gasteiger partial charge in [0.15, 0.2) is 0 Å². The van der Waals surface area contributed by atoms with E-state index in [1.807, 2.05) is 0 Å². The molecule has 0 aliphatic rings. The van der Waals surface area contributed by atoms with Crippen molar-refractivity contribution >= 4 is 121 Å². The quantitative estimate of drug-likeness (QED) is 0.151. The molecule has 5 heteroatoms. The number of thiophene rings is 1. The molecule has 3 aromatic heterocycles. The Balaban J connectivity index is 1.01. The zero-order valence-corrected chi connectivity index (χ0v) is 38.3. The lowest BCUT2D eigenvalue weighted by molar-refractivity contribution is 1.18. The highest BCUT2D eigenvalue weighted by molar-refractivity contribution is 7.18. The van der Waals surface area contributed by atoms with E-state index in [9.17, 15) is 0 Å². The van der Waals surface area contributed by atoms with E-state index in [-0.39, 0.29) is 0 Å². The number of aromatic nitrogens is 2. The van der Waals surface area contributed by atoms with Crippen LogP contribution < -0.4 is 9.80 Å². The second kappa shape index (κ2) is 15.9. The maximum atomic E-state index is 2.49. The van der Waals surface area contributed by atoms with E-state index in [0.717, 1.165) is 45.5 Å². The molecular formula is C64H42N4S. The largest absolute Gasteiger partial charge is 0.309 e. The van der Waals surface area contributed by atoms with Crippen molar-refractivity contribution in [2.24, 2.45) is 0 Å². The van der Waals surface area contributed by atoms with Crippen molar-refractivity contribution in [3.05, 3.63) is 254 Å². The molecule has 0 fully saturated rings. The van der Waals surface area contributed by atoms with Crippen LogP contribution in [0, 0.1) is 0 Å². The lowest BCUT2D eigenvalue weighted by Crippen LogP contribution is -2.13. The van der Waals surface area contributed by atoms with E-state index in [1.165, 1.54) is 75.2 Å². The Kier molecular flexibility index (Phi) is 9.04. The van der Waals surface area contributed by atoms with Gasteiger partial charge in [-0.1, -0.05) is 146 Å². The van der Waals surface area contributed by atoms with E-state index in [1.54, 1.807) is 11.3 Å². The average molecular weight is 899 g/mol. The van der Waals surface area contributed by atoms with E-state index >= 15 is 0 Å². The maximum Gasteiger partial charge on any atom is 0.0641 e. The third-order valence-corrected chi connectivity index (χ3v) is 14.9. The Morgan fingerprint density at radius 2 is 0.681 bits per heavy atom. The summed E-state index contributed by atoms with van der Waals surface area (Å²) in [6.07, 6.45) is 0. The molecule has 0 radical (unpaired) electrons. The Hall–Kier alpha value is -8.90. The molecule has 14 rings (SSSR count). The van der Waals surface area contributed by atoms with Crippen LogP contribution in [0.2, 0.25) is 0 Å². The van der Waals surface area contributed by atoms with Gasteiger partial charge in [0, 0.05) is 60.5 Å². The van der Waals surface area contributed by atoms with Gasteiger partial charge in [0.1, 0.15) is 0 Å². The molecule has 0 spiro atoms. The number of hydrogen-bond donors (Lipinski definition) is 0. The third kappa shape index (κ3) is 6.21. The van der Waals surface area contributed by atoms with Crippen molar-refractivity contribution in [3.8, 4) is 11.4 Å². The highest BCUT2D eigenvalue weighted by Gasteiger charge is 2.25. The van der Waals surface area contributed by atoms with Crippen LogP contribution in [0.5, 0.6) is 0 Å². The fourth-order valence-corrected chi connectivity index (χ4v) is 11.9. The minimum Gasteiger partial charge on any atom is -0.309 e. The lowest BCUT2D eigenvalue weighted by atomic mass is 10.0. The monoisotopic (exact) mass is 898 g/mol. The highest BCUT2D eigenvalue weighted by atomic mass is 32.1. The number of rotatable bonds is 8. The summed E-state index contributed by atoms with van der Waals surface area (Å²) in [4.78, 5) is 4.98. The maximum absolute atomic E-state index is 2.49. The molecule has 69 heavy (non-hydrogen) atoms. The second-order valence-electron chi connectivity index (χ2n) is 17.7. The predicted octanol–water partition coefficient (Wildman–Crippen LogP) is 18.3. The SMILES string of the molecule is c1ccc(-n2c3ccccc3c3cc(N(c4cccc5ccccc45)c4ccc(N(c5ccc6c(c5)c5ccccc5n6-c5ccccc5)c5cccc6ccccc56)c5sccc45)ccc32)cc1. The number of anilines is 6. The van der Waals surface area contributed by atoms with Crippen molar-refractivity contribution < 1.29 is 0 Å². The van der Waals surface area contributed by atoms with Crippen molar-refractivity contribution in [2.75, 3.05) is 9.80 Å². The minimum atomic E-state index is 1.10. The molecule has 0 atom stereocenters. The molecule has 0 amide bonds. The minimum absolute atomic E-state index is 1.10. The normalized spacial score (nSPS) is 11.8. The van der Waals surface area contributed by atoms with Crippen LogP contribution in [-0.2, 0) is 0 Å². The van der Waals surface area contributed by atoms with Gasteiger partial charge < -0.3 is 18.9 Å². The predicted molar refractivity (Wildman–Crippen MR) is 295 cm³/mol. The summed E-state index contributed by atoms with van der Waals surface area (Å²) in [5, 5.41) is 13.1. The van der Waals surface area contributed by atoms with Crippen LogP contribution in [0.3, 0.4) is 0 Å². The molecule has 0 unspecified atom stereocenters. The number of fused-ring (bicyclic) bond motifs is 9. The van der Waals surface area contributed by atoms with Crippen molar-refractivity contribution in [1.29, 1.82) is 0 Å². The molecule has 0 bridgehead atoms. The first-order valence-electron chi connectivity index (χ1n) is 23.5. The summed E-state index contributed by atoms with van der Waals surface area (Å²) in [7, 11) is 0. The molecule has 0 aliphatic carbocycles. The van der Waals surface area contributed by atoms with Gasteiger partial charge in [-0.15, -0.1) is 11.3 Å². The molecule has 0 saturated carbocycles. The first kappa shape index (κ1) is 39.3. The Morgan fingerprint density at radius 1 is 0.275 bits per heavy atom. The summed E-state index contributed by atoms with van der Waals surface area (Å²) < 4.78 is 5.99. The van der Waals surface area contributed by atoms with Crippen molar-refractivity contribution in [2.45, 2.75) is 0 Å². The lowest BCUT2D eigenvalue weighted by Gasteiger charge is -2.31. The first-order valence-corrected chi connectivity index (χ1v) is 24.4. The molecule has 0 N–H and O–H groups in total. The van der Waals surface area contributed by atoms with Crippen LogP contribution >= 0.6 is 11.3 Å². The average Bonchev–Trinajstić information content (AvgIpc) is 4.13. The standard InChI is InChI=1S/C64H42N4S/c1-3-21-45(22-4-1)65-58-29-13-11-27-51(58)54-41-47(33-35-61(54)65)67(56-31-15-19-43-17-7-9-25-49(43)56)60-37-38-63(64-53(60)39-40-69-64)68(57-32-16-20-44-18-8-10-26-50(44)57)48-34-36-62-55(42-48)52-28-12-14-30-59(52)66(62)46-23-5-2-6-24-46/h1-42H. The van der Waals surface area contributed by atoms with Crippen LogP contribution in [0.15, 0.2) is 254 Å². The van der Waals surface area contributed by atoms with Gasteiger partial charge in [0.05, 0.1) is 49.5 Å². The number of hydrogen-bond acceptors (Lipinski definition) is 3. The number of benzene rings is 11. The molecule has 11 aromatic carbocycles. The topological polar surface area (TPSA) is 16.3 Å². The van der Waals surface area contributed by atoms with Gasteiger partial charge >= 0.3 is 0 Å². The molecular weight excluding hydrogens is 857 g/mol. The van der Waals surface area contributed by atoms with Crippen molar-refractivity contribution in [3.63, 3.8) is 0 Å². The summed E-state index contributed by atoms with van der Waals surface area (Å²) in [6.45, 7) is 0. The van der Waals surface area contributed by atoms with Gasteiger partial charge in [0.2, 0.25) is 0 Å². The molecule has 14 aromatic rings. The Morgan fingerprint density at radius 3 is 1.22 bits per heavy atom. The van der Waals surface area contributed by atoms with E-state index < -0.39 is 0 Å². The Labute approximate surface area is 403 Å². The highest BCUT2D eigenvalue weighted by Crippen LogP contribution is 2.50. The van der Waals surface area contributed by atoms with Crippen LogP contribution in [0.1, 0.15) is 0 Å². The Bertz CT molecular complexity index is 3990. The van der Waals surface area contributed by atoms with E-state index in [0.29, 0.717) is 0 Å². The smallest absolute Gasteiger partial charge is 0.0641 e. The van der Waals surface area contributed by atoms with Gasteiger partial charge in [0.25, 0.3) is 0 Å². The third-order valence-electron chi connectivity index (χ3n) is 13.9. The van der Waals surface area contributed by atoms with Gasteiger partial charge in [-0.05, 0) is 119 Å². The summed E-state index contributed by atoms with van der Waals surface area (Å²) in [6, 6.07) is 90.9. The molecule has 4 nitrogen and oxygen atoms in total. The van der Waals surface area contributed by atoms with Crippen LogP contribution in [0.25, 0.3) is 86.6 Å². The van der Waals surface area contributed by atoms with Crippen LogP contribution in [0.4, 0.5) is 34.1 Å². The van der Waals surface area contributed by atoms with E-state index in [4.69, 9.17) is 0 Å². The first-order chi connectivity index (χ1) is 34.3. The molecule has 0 saturated heterocycles. The summed E-state index contributed by atoms with van der Waals surface area (Å²) >= 11 is 1.80. The molecule has 0 aliphatic heterocycles. The van der Waals surface area contributed by atoms with Gasteiger partial charge in [-0.3, -0.25) is 0 Å². The van der Waals surface area contributed by atoms with Gasteiger partial charge in [-0.25, -0.2) is 0 Å². The summed E-state index contributed by atoms with van der Waals surface area (Å²) in [5.41, 5.74) is 13.7. The molecule has 3 heterocycles. The fraction of sp³-hybridized carbons (Fsp3) is 0. The fourth-order valence-electron chi connectivity index (χ4n) is 10.9. The number of para-hydroxylation sites is 4. The van der Waals surface area contributed by atoms with E-state index in [2.05, 4.69) is 273 Å². The second-order valence-corrected chi connectivity index (χ2v) is 18.6. The van der Waals surface area contributed by atoms with Crippen LogP contribution in [-0.4, -0.2) is 9.13 Å². The zero-order chi connectivity index (χ0) is 45.4.